The Balaban J connectivity index is 3.31. The number of hydrogen-bond donors (Lipinski definition) is 0. The van der Waals surface area contributed by atoms with Crippen LogP contribution in [0, 0.1) is 12.3 Å². The zero-order chi connectivity index (χ0) is 10.8. The Morgan fingerprint density at radius 1 is 1.50 bits per heavy atom. The fraction of sp³-hybridized carbons (Fsp3) is 0.222. The molecule has 0 unspecified atom stereocenters. The SMILES string of the molecule is C#Cc1cnc(OC)cc1C(F)(F)F. The summed E-state index contributed by atoms with van der Waals surface area (Å²) in [5, 5.41) is 0. The Morgan fingerprint density at radius 2 is 2.14 bits per heavy atom. The van der Waals surface area contributed by atoms with Crippen molar-refractivity contribution >= 4 is 0 Å². The first-order valence-electron chi connectivity index (χ1n) is 3.57. The summed E-state index contributed by atoms with van der Waals surface area (Å²) in [4.78, 5) is 3.58. The maximum Gasteiger partial charge on any atom is 0.417 e. The number of pyridine rings is 1. The van der Waals surface area contributed by atoms with E-state index in [0.717, 1.165) is 12.3 Å². The summed E-state index contributed by atoms with van der Waals surface area (Å²) in [6.07, 6.45) is 1.38. The lowest BCUT2D eigenvalue weighted by Crippen LogP contribution is -2.08. The van der Waals surface area contributed by atoms with E-state index in [-0.39, 0.29) is 11.4 Å². The lowest BCUT2D eigenvalue weighted by Gasteiger charge is -2.09. The monoisotopic (exact) mass is 201 g/mol. The largest absolute Gasteiger partial charge is 0.481 e. The van der Waals surface area contributed by atoms with E-state index in [0.29, 0.717) is 0 Å². The van der Waals surface area contributed by atoms with Crippen LogP contribution in [-0.2, 0) is 6.18 Å². The first-order chi connectivity index (χ1) is 6.49. The lowest BCUT2D eigenvalue weighted by molar-refractivity contribution is -0.137. The minimum absolute atomic E-state index is 0.115. The average molecular weight is 201 g/mol. The van der Waals surface area contributed by atoms with E-state index in [9.17, 15) is 13.2 Å². The second kappa shape index (κ2) is 3.58. The maximum atomic E-state index is 12.4. The normalized spacial score (nSPS) is 10.8. The van der Waals surface area contributed by atoms with Crippen molar-refractivity contribution in [3.05, 3.63) is 23.4 Å². The summed E-state index contributed by atoms with van der Waals surface area (Å²) in [7, 11) is 1.23. The van der Waals surface area contributed by atoms with Gasteiger partial charge in [0.25, 0.3) is 0 Å². The van der Waals surface area contributed by atoms with Crippen LogP contribution >= 0.6 is 0 Å². The molecular formula is C9H6F3NO. The highest BCUT2D eigenvalue weighted by Crippen LogP contribution is 2.32. The number of nitrogens with zero attached hydrogens (tertiary/aromatic N) is 1. The van der Waals surface area contributed by atoms with E-state index in [1.54, 1.807) is 0 Å². The molecule has 1 heterocycles. The molecule has 1 aromatic rings. The molecule has 0 aliphatic rings. The number of halogens is 3. The van der Waals surface area contributed by atoms with Gasteiger partial charge in [-0.2, -0.15) is 13.2 Å². The highest BCUT2D eigenvalue weighted by Gasteiger charge is 2.33. The average Bonchev–Trinajstić information content (AvgIpc) is 2.15. The Kier molecular flexibility index (Phi) is 2.65. The van der Waals surface area contributed by atoms with Crippen LogP contribution in [0.15, 0.2) is 12.3 Å². The molecule has 0 saturated heterocycles. The third-order valence-electron chi connectivity index (χ3n) is 1.55. The van der Waals surface area contributed by atoms with Gasteiger partial charge in [-0.3, -0.25) is 0 Å². The standard InChI is InChI=1S/C9H6F3NO/c1-3-6-5-13-8(14-2)4-7(6)9(10,11)12/h1,4-5H,2H3. The van der Waals surface area contributed by atoms with Gasteiger partial charge < -0.3 is 4.74 Å². The minimum Gasteiger partial charge on any atom is -0.481 e. The van der Waals surface area contributed by atoms with E-state index < -0.39 is 11.7 Å². The highest BCUT2D eigenvalue weighted by atomic mass is 19.4. The zero-order valence-corrected chi connectivity index (χ0v) is 7.22. The van der Waals surface area contributed by atoms with Gasteiger partial charge in [0.05, 0.1) is 18.2 Å². The number of rotatable bonds is 1. The highest BCUT2D eigenvalue weighted by molar-refractivity contribution is 5.41. The fourth-order valence-corrected chi connectivity index (χ4v) is 0.897. The van der Waals surface area contributed by atoms with Gasteiger partial charge >= 0.3 is 6.18 Å². The van der Waals surface area contributed by atoms with Gasteiger partial charge in [-0.1, -0.05) is 5.92 Å². The van der Waals surface area contributed by atoms with Crippen LogP contribution in [0.3, 0.4) is 0 Å². The molecular weight excluding hydrogens is 195 g/mol. The molecule has 0 spiro atoms. The molecule has 0 aliphatic carbocycles. The van der Waals surface area contributed by atoms with Crippen LogP contribution in [0.2, 0.25) is 0 Å². The first-order valence-corrected chi connectivity index (χ1v) is 3.57. The molecule has 1 rings (SSSR count). The summed E-state index contributed by atoms with van der Waals surface area (Å²) in [6, 6.07) is 0.773. The Labute approximate surface area is 78.7 Å². The molecule has 0 atom stereocenters. The van der Waals surface area contributed by atoms with Gasteiger partial charge in [0.2, 0.25) is 5.88 Å². The topological polar surface area (TPSA) is 22.1 Å². The third kappa shape index (κ3) is 1.96. The smallest absolute Gasteiger partial charge is 0.417 e. The molecule has 0 N–H and O–H groups in total. The van der Waals surface area contributed by atoms with Crippen molar-refractivity contribution in [2.75, 3.05) is 7.11 Å². The Bertz CT molecular complexity index is 379. The predicted molar refractivity (Wildman–Crippen MR) is 43.7 cm³/mol. The van der Waals surface area contributed by atoms with E-state index in [1.807, 2.05) is 5.92 Å². The molecule has 5 heteroatoms. The number of methoxy groups -OCH3 is 1. The number of terminal acetylenes is 1. The van der Waals surface area contributed by atoms with E-state index in [4.69, 9.17) is 6.42 Å². The number of hydrogen-bond acceptors (Lipinski definition) is 2. The molecule has 0 radical (unpaired) electrons. The van der Waals surface area contributed by atoms with E-state index >= 15 is 0 Å². The Morgan fingerprint density at radius 3 is 2.57 bits per heavy atom. The number of alkyl halides is 3. The van der Waals surface area contributed by atoms with Crippen LogP contribution in [0.1, 0.15) is 11.1 Å². The molecule has 0 bridgehead atoms. The molecule has 1 aromatic heterocycles. The molecule has 0 aromatic carbocycles. The second-order valence-corrected chi connectivity index (χ2v) is 2.41. The van der Waals surface area contributed by atoms with Crippen molar-refractivity contribution in [1.29, 1.82) is 0 Å². The van der Waals surface area contributed by atoms with Crippen molar-refractivity contribution in [1.82, 2.24) is 4.98 Å². The van der Waals surface area contributed by atoms with Crippen LogP contribution in [0.5, 0.6) is 5.88 Å². The summed E-state index contributed by atoms with van der Waals surface area (Å²) >= 11 is 0. The third-order valence-corrected chi connectivity index (χ3v) is 1.55. The van der Waals surface area contributed by atoms with Crippen molar-refractivity contribution in [2.45, 2.75) is 6.18 Å². The molecule has 0 amide bonds. The van der Waals surface area contributed by atoms with Gasteiger partial charge in [-0.05, 0) is 0 Å². The molecule has 0 saturated carbocycles. The van der Waals surface area contributed by atoms with Crippen molar-refractivity contribution in [2.24, 2.45) is 0 Å². The van der Waals surface area contributed by atoms with Crippen molar-refractivity contribution in [3.8, 4) is 18.2 Å². The molecule has 74 valence electrons. The second-order valence-electron chi connectivity index (χ2n) is 2.41. The van der Waals surface area contributed by atoms with Gasteiger partial charge in [-0.25, -0.2) is 4.98 Å². The van der Waals surface area contributed by atoms with Crippen LogP contribution < -0.4 is 4.74 Å². The molecule has 0 aliphatic heterocycles. The molecule has 0 fully saturated rings. The maximum absolute atomic E-state index is 12.4. The van der Waals surface area contributed by atoms with Gasteiger partial charge in [0.1, 0.15) is 0 Å². The van der Waals surface area contributed by atoms with E-state index in [1.165, 1.54) is 7.11 Å². The molecule has 14 heavy (non-hydrogen) atoms. The van der Waals surface area contributed by atoms with Crippen molar-refractivity contribution < 1.29 is 17.9 Å². The Hall–Kier alpha value is -1.70. The fourth-order valence-electron chi connectivity index (χ4n) is 0.897. The van der Waals surface area contributed by atoms with Crippen LogP contribution in [0.25, 0.3) is 0 Å². The lowest BCUT2D eigenvalue weighted by atomic mass is 10.1. The summed E-state index contributed by atoms with van der Waals surface area (Å²) < 4.78 is 41.7. The number of ether oxygens (including phenoxy) is 1. The zero-order valence-electron chi connectivity index (χ0n) is 7.22. The van der Waals surface area contributed by atoms with Crippen LogP contribution in [-0.4, -0.2) is 12.1 Å². The van der Waals surface area contributed by atoms with Crippen LogP contribution in [0.4, 0.5) is 13.2 Å². The van der Waals surface area contributed by atoms with E-state index in [2.05, 4.69) is 9.72 Å². The summed E-state index contributed by atoms with van der Waals surface area (Å²) in [5.74, 6) is 1.80. The summed E-state index contributed by atoms with van der Waals surface area (Å²) in [6.45, 7) is 0. The van der Waals surface area contributed by atoms with Gasteiger partial charge in [0, 0.05) is 12.3 Å². The number of aromatic nitrogens is 1. The van der Waals surface area contributed by atoms with Crippen molar-refractivity contribution in [3.63, 3.8) is 0 Å². The minimum atomic E-state index is -4.49. The molecule has 2 nitrogen and oxygen atoms in total. The quantitative estimate of drug-likeness (QED) is 0.649. The summed E-state index contributed by atoms with van der Waals surface area (Å²) in [5.41, 5.74) is -1.20. The van der Waals surface area contributed by atoms with Gasteiger partial charge in [-0.15, -0.1) is 6.42 Å². The first kappa shape index (κ1) is 10.4. The van der Waals surface area contributed by atoms with Gasteiger partial charge in [0.15, 0.2) is 0 Å². The predicted octanol–water partition coefficient (Wildman–Crippen LogP) is 2.09.